The van der Waals surface area contributed by atoms with E-state index in [9.17, 15) is 8.78 Å². The number of piperidine rings is 1. The normalized spacial score (nSPS) is 32.4. The molecule has 0 amide bonds. The molecule has 0 N–H and O–H groups in total. The Kier molecular flexibility index (Phi) is 3.53. The van der Waals surface area contributed by atoms with E-state index in [-0.39, 0.29) is 18.9 Å². The summed E-state index contributed by atoms with van der Waals surface area (Å²) in [6, 6.07) is 0.156. The second-order valence-corrected chi connectivity index (χ2v) is 5.87. The van der Waals surface area contributed by atoms with Crippen LogP contribution in [0.5, 0.6) is 0 Å². The highest BCUT2D eigenvalue weighted by molar-refractivity contribution is 4.89. The van der Waals surface area contributed by atoms with Gasteiger partial charge in [-0.25, -0.2) is 8.78 Å². The van der Waals surface area contributed by atoms with Crippen LogP contribution >= 0.6 is 0 Å². The number of rotatable bonds is 2. The molecule has 1 aliphatic carbocycles. The van der Waals surface area contributed by atoms with Gasteiger partial charge in [0.25, 0.3) is 0 Å². The minimum atomic E-state index is -2.39. The molecule has 94 valence electrons. The van der Waals surface area contributed by atoms with Crippen molar-refractivity contribution in [1.82, 2.24) is 4.90 Å². The molecule has 1 saturated heterocycles. The van der Waals surface area contributed by atoms with Gasteiger partial charge in [0.15, 0.2) is 0 Å². The summed E-state index contributed by atoms with van der Waals surface area (Å²) in [6.07, 6.45) is 3.28. The summed E-state index contributed by atoms with van der Waals surface area (Å²) in [7, 11) is 0. The number of halogens is 2. The number of hydrogen-bond donors (Lipinski definition) is 0. The lowest BCUT2D eigenvalue weighted by atomic mass is 9.86. The summed E-state index contributed by atoms with van der Waals surface area (Å²) in [5.74, 6) is -0.843. The molecule has 2 aliphatic rings. The maximum atomic E-state index is 13.1. The summed E-state index contributed by atoms with van der Waals surface area (Å²) in [6.45, 7) is 6.60. The molecule has 0 aromatic carbocycles. The van der Waals surface area contributed by atoms with Crippen LogP contribution in [0.15, 0.2) is 0 Å². The molecule has 0 bridgehead atoms. The summed E-state index contributed by atoms with van der Waals surface area (Å²) in [5, 5.41) is 0. The zero-order valence-electron chi connectivity index (χ0n) is 10.4. The molecule has 1 atom stereocenters. The molecular formula is C13H23F2N. The van der Waals surface area contributed by atoms with Gasteiger partial charge in [-0.05, 0) is 44.2 Å². The van der Waals surface area contributed by atoms with Crippen LogP contribution in [0.1, 0.15) is 46.0 Å². The highest BCUT2D eigenvalue weighted by atomic mass is 19.3. The molecule has 1 heterocycles. The lowest BCUT2D eigenvalue weighted by Gasteiger charge is -2.37. The Morgan fingerprint density at radius 2 is 1.75 bits per heavy atom. The van der Waals surface area contributed by atoms with Crippen LogP contribution in [-0.2, 0) is 0 Å². The molecule has 0 aromatic heterocycles. The largest absolute Gasteiger partial charge is 0.300 e. The van der Waals surface area contributed by atoms with Crippen molar-refractivity contribution in [2.45, 2.75) is 57.9 Å². The Labute approximate surface area is 97.2 Å². The molecule has 1 aliphatic heterocycles. The van der Waals surface area contributed by atoms with Crippen LogP contribution in [0.4, 0.5) is 8.78 Å². The van der Waals surface area contributed by atoms with Gasteiger partial charge >= 0.3 is 0 Å². The first-order valence-electron chi connectivity index (χ1n) is 6.60. The smallest absolute Gasteiger partial charge is 0.249 e. The molecule has 0 aromatic rings. The van der Waals surface area contributed by atoms with Gasteiger partial charge in [-0.2, -0.15) is 0 Å². The molecule has 0 radical (unpaired) electrons. The van der Waals surface area contributed by atoms with Crippen LogP contribution in [0, 0.1) is 11.8 Å². The molecule has 1 nitrogen and oxygen atoms in total. The minimum absolute atomic E-state index is 0.0966. The van der Waals surface area contributed by atoms with E-state index >= 15 is 0 Å². The lowest BCUT2D eigenvalue weighted by molar-refractivity contribution is -0.00209. The lowest BCUT2D eigenvalue weighted by Crippen LogP contribution is -2.41. The van der Waals surface area contributed by atoms with Crippen LogP contribution < -0.4 is 0 Å². The summed E-state index contributed by atoms with van der Waals surface area (Å²) >= 11 is 0. The number of hydrogen-bond acceptors (Lipinski definition) is 1. The molecule has 1 unspecified atom stereocenters. The fourth-order valence-corrected chi connectivity index (χ4v) is 3.19. The number of likely N-dealkylation sites (tertiary alicyclic amines) is 1. The third-order valence-corrected chi connectivity index (χ3v) is 4.41. The average molecular weight is 231 g/mol. The Morgan fingerprint density at radius 3 is 2.19 bits per heavy atom. The van der Waals surface area contributed by atoms with E-state index in [0.29, 0.717) is 6.42 Å². The average Bonchev–Trinajstić information content (AvgIpc) is 2.59. The zero-order chi connectivity index (χ0) is 11.8. The number of alkyl halides is 2. The van der Waals surface area contributed by atoms with E-state index in [0.717, 1.165) is 24.9 Å². The quantitative estimate of drug-likeness (QED) is 0.702. The highest BCUT2D eigenvalue weighted by Crippen LogP contribution is 2.38. The molecule has 2 rings (SSSR count). The summed E-state index contributed by atoms with van der Waals surface area (Å²) in [5.41, 5.74) is 0. The maximum absolute atomic E-state index is 13.1. The van der Waals surface area contributed by atoms with E-state index in [1.165, 1.54) is 12.8 Å². The van der Waals surface area contributed by atoms with Crippen molar-refractivity contribution in [3.8, 4) is 0 Å². The molecule has 16 heavy (non-hydrogen) atoms. The second-order valence-electron chi connectivity index (χ2n) is 5.87. The fourth-order valence-electron chi connectivity index (χ4n) is 3.19. The van der Waals surface area contributed by atoms with Gasteiger partial charge < -0.3 is 4.90 Å². The van der Waals surface area contributed by atoms with Gasteiger partial charge in [-0.3, -0.25) is 0 Å². The SMILES string of the molecule is CC(C)C1CCN(C2CCC(F)(F)C2)CC1. The first-order valence-corrected chi connectivity index (χ1v) is 6.60. The molecule has 0 spiro atoms. The third kappa shape index (κ3) is 2.73. The Bertz CT molecular complexity index is 232. The van der Waals surface area contributed by atoms with Crippen molar-refractivity contribution in [2.24, 2.45) is 11.8 Å². The van der Waals surface area contributed by atoms with E-state index in [4.69, 9.17) is 0 Å². The summed E-state index contributed by atoms with van der Waals surface area (Å²) in [4.78, 5) is 2.31. The van der Waals surface area contributed by atoms with Crippen LogP contribution in [0.2, 0.25) is 0 Å². The van der Waals surface area contributed by atoms with Gasteiger partial charge in [0.2, 0.25) is 5.92 Å². The first kappa shape index (κ1) is 12.3. The van der Waals surface area contributed by atoms with Crippen LogP contribution in [0.25, 0.3) is 0 Å². The van der Waals surface area contributed by atoms with Gasteiger partial charge in [-0.15, -0.1) is 0 Å². The summed E-state index contributed by atoms with van der Waals surface area (Å²) < 4.78 is 26.3. The van der Waals surface area contributed by atoms with Crippen molar-refractivity contribution in [3.05, 3.63) is 0 Å². The highest BCUT2D eigenvalue weighted by Gasteiger charge is 2.42. The molecule has 1 saturated carbocycles. The molecular weight excluding hydrogens is 208 g/mol. The van der Waals surface area contributed by atoms with E-state index < -0.39 is 5.92 Å². The van der Waals surface area contributed by atoms with E-state index in [1.807, 2.05) is 0 Å². The first-order chi connectivity index (χ1) is 7.48. The van der Waals surface area contributed by atoms with Gasteiger partial charge in [0.1, 0.15) is 0 Å². The Hall–Kier alpha value is -0.180. The van der Waals surface area contributed by atoms with Crippen molar-refractivity contribution in [2.75, 3.05) is 13.1 Å². The van der Waals surface area contributed by atoms with Gasteiger partial charge in [0.05, 0.1) is 0 Å². The van der Waals surface area contributed by atoms with Gasteiger partial charge in [0, 0.05) is 18.9 Å². The van der Waals surface area contributed by atoms with Crippen LogP contribution in [-0.4, -0.2) is 30.0 Å². The maximum Gasteiger partial charge on any atom is 0.249 e. The number of nitrogens with zero attached hydrogens (tertiary/aromatic N) is 1. The second kappa shape index (κ2) is 4.59. The Balaban J connectivity index is 1.81. The topological polar surface area (TPSA) is 3.24 Å². The molecule has 2 fully saturated rings. The van der Waals surface area contributed by atoms with Crippen molar-refractivity contribution < 1.29 is 8.78 Å². The fraction of sp³-hybridized carbons (Fsp3) is 1.00. The Morgan fingerprint density at radius 1 is 1.12 bits per heavy atom. The predicted molar refractivity (Wildman–Crippen MR) is 61.7 cm³/mol. The minimum Gasteiger partial charge on any atom is -0.300 e. The zero-order valence-corrected chi connectivity index (χ0v) is 10.4. The predicted octanol–water partition coefficient (Wildman–Crippen LogP) is 3.54. The molecule has 3 heteroatoms. The van der Waals surface area contributed by atoms with Gasteiger partial charge in [-0.1, -0.05) is 13.8 Å². The van der Waals surface area contributed by atoms with E-state index in [1.54, 1.807) is 0 Å². The van der Waals surface area contributed by atoms with E-state index in [2.05, 4.69) is 18.7 Å². The van der Waals surface area contributed by atoms with Crippen LogP contribution in [0.3, 0.4) is 0 Å². The third-order valence-electron chi connectivity index (χ3n) is 4.41. The van der Waals surface area contributed by atoms with Crippen molar-refractivity contribution >= 4 is 0 Å². The van der Waals surface area contributed by atoms with Crippen molar-refractivity contribution in [3.63, 3.8) is 0 Å². The standard InChI is InChI=1S/C13H23F2N/c1-10(2)11-4-7-16(8-5-11)12-3-6-13(14,15)9-12/h10-12H,3-9H2,1-2H3. The van der Waals surface area contributed by atoms with Crippen molar-refractivity contribution in [1.29, 1.82) is 0 Å². The monoisotopic (exact) mass is 231 g/mol.